The summed E-state index contributed by atoms with van der Waals surface area (Å²) in [7, 11) is 1.79. The Bertz CT molecular complexity index is 1140. The Hall–Kier alpha value is -3.24. The van der Waals surface area contributed by atoms with E-state index in [0.29, 0.717) is 17.1 Å². The second-order valence-corrected chi connectivity index (χ2v) is 7.04. The fourth-order valence-electron chi connectivity index (χ4n) is 3.19. The molecule has 4 aromatic rings. The van der Waals surface area contributed by atoms with Crippen LogP contribution in [0.1, 0.15) is 15.9 Å². The van der Waals surface area contributed by atoms with Gasteiger partial charge < -0.3 is 4.90 Å². The molecule has 0 aliphatic rings. The molecule has 0 bridgehead atoms. The molecule has 0 fully saturated rings. The molecule has 138 valence electrons. The minimum atomic E-state index is -0.0856. The van der Waals surface area contributed by atoms with Gasteiger partial charge in [-0.05, 0) is 29.8 Å². The second-order valence-electron chi connectivity index (χ2n) is 6.61. The van der Waals surface area contributed by atoms with Crippen molar-refractivity contribution in [3.05, 3.63) is 95.3 Å². The Balaban J connectivity index is 1.75. The normalized spacial score (nSPS) is 10.8. The average molecular weight is 388 g/mol. The van der Waals surface area contributed by atoms with Gasteiger partial charge in [0.05, 0.1) is 16.8 Å². The van der Waals surface area contributed by atoms with Crippen molar-refractivity contribution in [2.45, 2.75) is 6.54 Å². The van der Waals surface area contributed by atoms with Crippen LogP contribution in [0.5, 0.6) is 0 Å². The monoisotopic (exact) mass is 387 g/mol. The number of rotatable bonds is 4. The molecule has 4 nitrogen and oxygen atoms in total. The van der Waals surface area contributed by atoms with Crippen LogP contribution in [0, 0.1) is 0 Å². The molecule has 2 aromatic heterocycles. The van der Waals surface area contributed by atoms with Gasteiger partial charge in [0.1, 0.15) is 0 Å². The molecular weight excluding hydrogens is 370 g/mol. The summed E-state index contributed by atoms with van der Waals surface area (Å²) < 4.78 is 0. The van der Waals surface area contributed by atoms with Crippen LogP contribution in [0.2, 0.25) is 5.02 Å². The molecule has 0 atom stereocenters. The predicted octanol–water partition coefficient (Wildman–Crippen LogP) is 5.22. The smallest absolute Gasteiger partial charge is 0.254 e. The van der Waals surface area contributed by atoms with Gasteiger partial charge in [-0.15, -0.1) is 0 Å². The van der Waals surface area contributed by atoms with Crippen LogP contribution in [0.4, 0.5) is 0 Å². The number of halogens is 1. The van der Waals surface area contributed by atoms with Gasteiger partial charge in [-0.1, -0.05) is 54.1 Å². The third kappa shape index (κ3) is 3.73. The van der Waals surface area contributed by atoms with E-state index in [4.69, 9.17) is 16.6 Å². The molecule has 0 unspecified atom stereocenters. The Labute approximate surface area is 168 Å². The van der Waals surface area contributed by atoms with Crippen LogP contribution in [-0.4, -0.2) is 27.8 Å². The number of benzene rings is 2. The van der Waals surface area contributed by atoms with E-state index in [0.717, 1.165) is 27.7 Å². The number of hydrogen-bond donors (Lipinski definition) is 0. The fourth-order valence-corrected chi connectivity index (χ4v) is 3.40. The predicted molar refractivity (Wildman–Crippen MR) is 112 cm³/mol. The van der Waals surface area contributed by atoms with E-state index in [9.17, 15) is 4.79 Å². The first-order valence-electron chi connectivity index (χ1n) is 8.92. The first kappa shape index (κ1) is 18.1. The van der Waals surface area contributed by atoms with E-state index in [2.05, 4.69) is 4.98 Å². The van der Waals surface area contributed by atoms with Crippen molar-refractivity contribution in [2.75, 3.05) is 7.05 Å². The zero-order chi connectivity index (χ0) is 19.5. The van der Waals surface area contributed by atoms with Crippen LogP contribution >= 0.6 is 11.6 Å². The van der Waals surface area contributed by atoms with Gasteiger partial charge in [-0.3, -0.25) is 9.78 Å². The summed E-state index contributed by atoms with van der Waals surface area (Å²) in [6.07, 6.45) is 3.38. The summed E-state index contributed by atoms with van der Waals surface area (Å²) in [4.78, 5) is 23.9. The van der Waals surface area contributed by atoms with Crippen molar-refractivity contribution in [1.82, 2.24) is 14.9 Å². The van der Waals surface area contributed by atoms with E-state index in [-0.39, 0.29) is 5.91 Å². The van der Waals surface area contributed by atoms with E-state index in [1.807, 2.05) is 66.7 Å². The highest BCUT2D eigenvalue weighted by atomic mass is 35.5. The molecule has 5 heteroatoms. The lowest BCUT2D eigenvalue weighted by Gasteiger charge is -2.19. The SMILES string of the molecule is CN(Cc1cccc(Cl)c1)C(=O)c1cc(-c2ccccc2)nc2ccncc12. The lowest BCUT2D eigenvalue weighted by Crippen LogP contribution is -2.26. The van der Waals surface area contributed by atoms with E-state index in [1.54, 1.807) is 24.3 Å². The maximum atomic E-state index is 13.3. The summed E-state index contributed by atoms with van der Waals surface area (Å²) in [5.74, 6) is -0.0856. The van der Waals surface area contributed by atoms with Crippen LogP contribution in [0.15, 0.2) is 79.1 Å². The van der Waals surface area contributed by atoms with Crippen molar-refractivity contribution in [2.24, 2.45) is 0 Å². The molecule has 0 radical (unpaired) electrons. The molecule has 0 aliphatic carbocycles. The van der Waals surface area contributed by atoms with Gasteiger partial charge >= 0.3 is 0 Å². The number of carbonyl (C=O) groups excluding carboxylic acids is 1. The highest BCUT2D eigenvalue weighted by molar-refractivity contribution is 6.30. The first-order chi connectivity index (χ1) is 13.6. The maximum Gasteiger partial charge on any atom is 0.254 e. The van der Waals surface area contributed by atoms with Crippen molar-refractivity contribution < 1.29 is 4.79 Å². The number of nitrogens with zero attached hydrogens (tertiary/aromatic N) is 3. The number of amides is 1. The largest absolute Gasteiger partial charge is 0.337 e. The molecule has 28 heavy (non-hydrogen) atoms. The first-order valence-corrected chi connectivity index (χ1v) is 9.30. The lowest BCUT2D eigenvalue weighted by molar-refractivity contribution is 0.0787. The molecule has 2 aromatic carbocycles. The van der Waals surface area contributed by atoms with Gasteiger partial charge in [0, 0.05) is 42.0 Å². The van der Waals surface area contributed by atoms with Crippen LogP contribution in [-0.2, 0) is 6.54 Å². The second kappa shape index (κ2) is 7.79. The van der Waals surface area contributed by atoms with Gasteiger partial charge in [0.2, 0.25) is 0 Å². The highest BCUT2D eigenvalue weighted by Gasteiger charge is 2.18. The van der Waals surface area contributed by atoms with E-state index >= 15 is 0 Å². The fraction of sp³-hybridized carbons (Fsp3) is 0.0870. The molecule has 1 amide bonds. The van der Waals surface area contributed by atoms with Crippen LogP contribution in [0.25, 0.3) is 22.2 Å². The topological polar surface area (TPSA) is 46.1 Å². The molecule has 0 saturated carbocycles. The molecule has 0 N–H and O–H groups in total. The van der Waals surface area contributed by atoms with Crippen LogP contribution < -0.4 is 0 Å². The standard InChI is InChI=1S/C23H18ClN3O/c1-27(15-16-6-5-9-18(24)12-16)23(28)19-13-22(17-7-3-2-4-8-17)26-21-10-11-25-14-20(19)21/h2-14H,15H2,1H3. The van der Waals surface area contributed by atoms with E-state index < -0.39 is 0 Å². The maximum absolute atomic E-state index is 13.3. The molecule has 4 rings (SSSR count). The summed E-state index contributed by atoms with van der Waals surface area (Å²) in [5.41, 5.74) is 4.03. The Morgan fingerprint density at radius 1 is 1.04 bits per heavy atom. The summed E-state index contributed by atoms with van der Waals surface area (Å²) in [6, 6.07) is 21.0. The quantitative estimate of drug-likeness (QED) is 0.482. The number of fused-ring (bicyclic) bond motifs is 1. The van der Waals surface area contributed by atoms with Gasteiger partial charge in [0.25, 0.3) is 5.91 Å². The molecule has 0 aliphatic heterocycles. The third-order valence-electron chi connectivity index (χ3n) is 4.57. The zero-order valence-corrected chi connectivity index (χ0v) is 16.1. The Morgan fingerprint density at radius 2 is 1.86 bits per heavy atom. The van der Waals surface area contributed by atoms with Crippen molar-refractivity contribution in [3.8, 4) is 11.3 Å². The highest BCUT2D eigenvalue weighted by Crippen LogP contribution is 2.25. The Morgan fingerprint density at radius 3 is 2.64 bits per heavy atom. The van der Waals surface area contributed by atoms with Gasteiger partial charge in [-0.25, -0.2) is 4.98 Å². The molecular formula is C23H18ClN3O. The lowest BCUT2D eigenvalue weighted by atomic mass is 10.0. The zero-order valence-electron chi connectivity index (χ0n) is 15.3. The van der Waals surface area contributed by atoms with Crippen molar-refractivity contribution in [3.63, 3.8) is 0 Å². The molecule has 0 spiro atoms. The van der Waals surface area contributed by atoms with Gasteiger partial charge in [0.15, 0.2) is 0 Å². The van der Waals surface area contributed by atoms with Crippen molar-refractivity contribution >= 4 is 28.4 Å². The minimum Gasteiger partial charge on any atom is -0.337 e. The number of carbonyl (C=O) groups is 1. The molecule has 2 heterocycles. The van der Waals surface area contributed by atoms with E-state index in [1.165, 1.54) is 0 Å². The van der Waals surface area contributed by atoms with Crippen molar-refractivity contribution in [1.29, 1.82) is 0 Å². The minimum absolute atomic E-state index is 0.0856. The Kier molecular flexibility index (Phi) is 5.04. The molecule has 0 saturated heterocycles. The average Bonchev–Trinajstić information content (AvgIpc) is 2.73. The summed E-state index contributed by atoms with van der Waals surface area (Å²) in [5, 5.41) is 1.40. The third-order valence-corrected chi connectivity index (χ3v) is 4.80. The number of pyridine rings is 2. The number of aromatic nitrogens is 2. The number of hydrogen-bond acceptors (Lipinski definition) is 3. The summed E-state index contributed by atoms with van der Waals surface area (Å²) in [6.45, 7) is 0.462. The summed E-state index contributed by atoms with van der Waals surface area (Å²) >= 11 is 6.07. The van der Waals surface area contributed by atoms with Crippen LogP contribution in [0.3, 0.4) is 0 Å². The van der Waals surface area contributed by atoms with Gasteiger partial charge in [-0.2, -0.15) is 0 Å².